The van der Waals surface area contributed by atoms with E-state index < -0.39 is 0 Å². The van der Waals surface area contributed by atoms with Crippen molar-refractivity contribution in [2.45, 2.75) is 32.7 Å². The number of hydrogen-bond acceptors (Lipinski definition) is 4. The molecule has 0 spiro atoms. The second-order valence-electron chi connectivity index (χ2n) is 6.07. The first kappa shape index (κ1) is 14.8. The van der Waals surface area contributed by atoms with Gasteiger partial charge >= 0.3 is 0 Å². The molecule has 3 rings (SSSR count). The molecule has 1 saturated heterocycles. The van der Waals surface area contributed by atoms with Crippen molar-refractivity contribution in [3.63, 3.8) is 0 Å². The third-order valence-electron chi connectivity index (χ3n) is 4.58. The molecule has 1 fully saturated rings. The van der Waals surface area contributed by atoms with Gasteiger partial charge in [0.15, 0.2) is 0 Å². The second-order valence-corrected chi connectivity index (χ2v) is 6.07. The summed E-state index contributed by atoms with van der Waals surface area (Å²) in [7, 11) is 1.89. The molecule has 2 heterocycles. The van der Waals surface area contributed by atoms with Gasteiger partial charge in [0.2, 0.25) is 5.91 Å². The summed E-state index contributed by atoms with van der Waals surface area (Å²) in [4.78, 5) is 24.5. The number of amides is 1. The number of anilines is 1. The van der Waals surface area contributed by atoms with Gasteiger partial charge in [-0.3, -0.25) is 4.79 Å². The van der Waals surface area contributed by atoms with Crippen LogP contribution in [0.4, 0.5) is 5.82 Å². The monoisotopic (exact) mass is 298 g/mol. The summed E-state index contributed by atoms with van der Waals surface area (Å²) < 4.78 is 0. The molecule has 0 radical (unpaired) electrons. The van der Waals surface area contributed by atoms with Crippen LogP contribution in [0.2, 0.25) is 0 Å². The normalized spacial score (nSPS) is 16.0. The number of piperidine rings is 1. The van der Waals surface area contributed by atoms with Crippen molar-refractivity contribution < 1.29 is 4.79 Å². The van der Waals surface area contributed by atoms with E-state index >= 15 is 0 Å². The van der Waals surface area contributed by atoms with E-state index in [-0.39, 0.29) is 5.91 Å². The third-order valence-corrected chi connectivity index (χ3v) is 4.58. The molecule has 5 heteroatoms. The highest BCUT2D eigenvalue weighted by Crippen LogP contribution is 2.27. The van der Waals surface area contributed by atoms with Crippen molar-refractivity contribution in [3.8, 4) is 0 Å². The minimum absolute atomic E-state index is 0.140. The fraction of sp³-hybridized carbons (Fsp3) is 0.471. The van der Waals surface area contributed by atoms with Gasteiger partial charge < -0.3 is 9.80 Å². The van der Waals surface area contributed by atoms with Crippen LogP contribution < -0.4 is 4.90 Å². The van der Waals surface area contributed by atoms with Gasteiger partial charge in [-0.1, -0.05) is 11.6 Å². The quantitative estimate of drug-likeness (QED) is 0.854. The van der Waals surface area contributed by atoms with Crippen LogP contribution in [0.3, 0.4) is 0 Å². The lowest BCUT2D eigenvalue weighted by atomic mass is 10.0. The highest BCUT2D eigenvalue weighted by atomic mass is 16.2. The largest absolute Gasteiger partial charge is 0.356 e. The summed E-state index contributed by atoms with van der Waals surface area (Å²) in [5.41, 5.74) is 2.20. The number of aromatic nitrogens is 2. The summed E-state index contributed by atoms with van der Waals surface area (Å²) in [6.45, 7) is 5.56. The molecule has 5 nitrogen and oxygen atoms in total. The Morgan fingerprint density at radius 1 is 1.27 bits per heavy atom. The lowest BCUT2D eigenvalue weighted by molar-refractivity contribution is -0.129. The van der Waals surface area contributed by atoms with Crippen molar-refractivity contribution in [3.05, 3.63) is 30.1 Å². The fourth-order valence-electron chi connectivity index (χ4n) is 3.13. The molecule has 1 amide bonds. The zero-order valence-electron chi connectivity index (χ0n) is 13.4. The number of carbonyl (C=O) groups excluding carboxylic acids is 1. The first-order chi connectivity index (χ1) is 10.6. The molecular formula is C17H22N4O. The fourth-order valence-corrected chi connectivity index (χ4v) is 3.13. The minimum Gasteiger partial charge on any atom is -0.356 e. The van der Waals surface area contributed by atoms with E-state index in [2.05, 4.69) is 33.9 Å². The SMILES string of the molecule is CC(=O)N(C)C1CCN(c2ncnc3ccc(C)cc23)CC1. The highest BCUT2D eigenvalue weighted by molar-refractivity contribution is 5.89. The van der Waals surface area contributed by atoms with Crippen molar-refractivity contribution >= 4 is 22.6 Å². The van der Waals surface area contributed by atoms with Crippen molar-refractivity contribution in [2.75, 3.05) is 25.0 Å². The van der Waals surface area contributed by atoms with Crippen LogP contribution in [0, 0.1) is 6.92 Å². The van der Waals surface area contributed by atoms with E-state index in [1.165, 1.54) is 5.56 Å². The third kappa shape index (κ3) is 2.75. The van der Waals surface area contributed by atoms with Crippen LogP contribution in [0.5, 0.6) is 0 Å². The molecule has 2 aromatic rings. The van der Waals surface area contributed by atoms with E-state index in [0.717, 1.165) is 42.7 Å². The van der Waals surface area contributed by atoms with Crippen molar-refractivity contribution in [1.29, 1.82) is 0 Å². The average molecular weight is 298 g/mol. The van der Waals surface area contributed by atoms with Crippen LogP contribution in [0.15, 0.2) is 24.5 Å². The number of nitrogens with zero attached hydrogens (tertiary/aromatic N) is 4. The predicted octanol–water partition coefficient (Wildman–Crippen LogP) is 2.39. The maximum absolute atomic E-state index is 11.5. The molecule has 0 atom stereocenters. The van der Waals surface area contributed by atoms with Crippen LogP contribution in [0.25, 0.3) is 10.9 Å². The van der Waals surface area contributed by atoms with E-state index in [0.29, 0.717) is 6.04 Å². The first-order valence-corrected chi connectivity index (χ1v) is 7.76. The Balaban J connectivity index is 1.82. The molecule has 1 aliphatic rings. The van der Waals surface area contributed by atoms with Crippen molar-refractivity contribution in [1.82, 2.24) is 14.9 Å². The Morgan fingerprint density at radius 3 is 2.68 bits per heavy atom. The summed E-state index contributed by atoms with van der Waals surface area (Å²) in [5, 5.41) is 1.11. The molecule has 0 aliphatic carbocycles. The average Bonchev–Trinajstić information content (AvgIpc) is 2.53. The molecular weight excluding hydrogens is 276 g/mol. The van der Waals surface area contributed by atoms with Gasteiger partial charge in [-0.2, -0.15) is 0 Å². The predicted molar refractivity (Wildman–Crippen MR) is 88.0 cm³/mol. The Bertz CT molecular complexity index is 692. The van der Waals surface area contributed by atoms with E-state index in [1.807, 2.05) is 18.0 Å². The van der Waals surface area contributed by atoms with Crippen LogP contribution in [-0.4, -0.2) is 47.0 Å². The zero-order chi connectivity index (χ0) is 15.7. The number of fused-ring (bicyclic) bond motifs is 1. The summed E-state index contributed by atoms with van der Waals surface area (Å²) in [6, 6.07) is 6.61. The number of hydrogen-bond donors (Lipinski definition) is 0. The maximum Gasteiger partial charge on any atom is 0.219 e. The molecule has 22 heavy (non-hydrogen) atoms. The number of aryl methyl sites for hydroxylation is 1. The number of rotatable bonds is 2. The van der Waals surface area contributed by atoms with Gasteiger partial charge in [-0.25, -0.2) is 9.97 Å². The lowest BCUT2D eigenvalue weighted by Gasteiger charge is -2.37. The van der Waals surface area contributed by atoms with Gasteiger partial charge in [0.05, 0.1) is 5.52 Å². The lowest BCUT2D eigenvalue weighted by Crippen LogP contribution is -2.45. The van der Waals surface area contributed by atoms with E-state index in [9.17, 15) is 4.79 Å². The Kier molecular flexibility index (Phi) is 3.96. The van der Waals surface area contributed by atoms with Gasteiger partial charge in [0, 0.05) is 38.5 Å². The molecule has 0 unspecified atom stereocenters. The van der Waals surface area contributed by atoms with Crippen LogP contribution in [-0.2, 0) is 4.79 Å². The molecule has 1 aromatic heterocycles. The van der Waals surface area contributed by atoms with E-state index in [1.54, 1.807) is 13.3 Å². The van der Waals surface area contributed by atoms with E-state index in [4.69, 9.17) is 0 Å². The second kappa shape index (κ2) is 5.91. The Morgan fingerprint density at radius 2 is 2.00 bits per heavy atom. The molecule has 1 aromatic carbocycles. The Hall–Kier alpha value is -2.17. The zero-order valence-corrected chi connectivity index (χ0v) is 13.4. The van der Waals surface area contributed by atoms with Gasteiger partial charge in [0.25, 0.3) is 0 Å². The standard InChI is InChI=1S/C17H22N4O/c1-12-4-5-16-15(10-12)17(19-11-18-16)21-8-6-14(7-9-21)20(3)13(2)22/h4-5,10-11,14H,6-9H2,1-3H3. The van der Waals surface area contributed by atoms with Gasteiger partial charge in [-0.15, -0.1) is 0 Å². The van der Waals surface area contributed by atoms with Gasteiger partial charge in [-0.05, 0) is 31.9 Å². The Labute approximate surface area is 131 Å². The molecule has 116 valence electrons. The molecule has 1 aliphatic heterocycles. The van der Waals surface area contributed by atoms with Crippen LogP contribution in [0.1, 0.15) is 25.3 Å². The van der Waals surface area contributed by atoms with Gasteiger partial charge in [0.1, 0.15) is 12.1 Å². The molecule has 0 N–H and O–H groups in total. The topological polar surface area (TPSA) is 49.3 Å². The smallest absolute Gasteiger partial charge is 0.219 e. The summed E-state index contributed by atoms with van der Waals surface area (Å²) in [5.74, 6) is 1.15. The highest BCUT2D eigenvalue weighted by Gasteiger charge is 2.25. The number of benzene rings is 1. The molecule has 0 bridgehead atoms. The summed E-state index contributed by atoms with van der Waals surface area (Å²) in [6.07, 6.45) is 3.60. The molecule has 0 saturated carbocycles. The summed E-state index contributed by atoms with van der Waals surface area (Å²) >= 11 is 0. The van der Waals surface area contributed by atoms with Crippen LogP contribution >= 0.6 is 0 Å². The minimum atomic E-state index is 0.140. The first-order valence-electron chi connectivity index (χ1n) is 7.76. The number of carbonyl (C=O) groups is 1. The van der Waals surface area contributed by atoms with Crippen molar-refractivity contribution in [2.24, 2.45) is 0 Å². The maximum atomic E-state index is 11.5.